The number of carbonyl (C=O) groups is 3. The van der Waals surface area contributed by atoms with Gasteiger partial charge in [0.05, 0.1) is 35.5 Å². The van der Waals surface area contributed by atoms with E-state index in [2.05, 4.69) is 0 Å². The van der Waals surface area contributed by atoms with Gasteiger partial charge >= 0.3 is 0 Å². The lowest BCUT2D eigenvalue weighted by Gasteiger charge is -2.37. The van der Waals surface area contributed by atoms with Crippen molar-refractivity contribution in [1.82, 2.24) is 0 Å². The number of hydrogen-bond donors (Lipinski definition) is 0. The normalized spacial score (nSPS) is 28.3. The number of anilines is 1. The minimum Gasteiger partial charge on any atom is -0.497 e. The molecule has 5 heteroatoms. The van der Waals surface area contributed by atoms with Crippen LogP contribution in [-0.4, -0.2) is 24.7 Å². The minimum atomic E-state index is -1.11. The molecule has 0 spiro atoms. The van der Waals surface area contributed by atoms with Crippen LogP contribution in [0.5, 0.6) is 5.75 Å². The van der Waals surface area contributed by atoms with Crippen molar-refractivity contribution in [2.45, 2.75) is 26.7 Å². The van der Waals surface area contributed by atoms with Crippen LogP contribution in [0.1, 0.15) is 37.8 Å². The van der Waals surface area contributed by atoms with Crippen LogP contribution >= 0.6 is 0 Å². The first-order chi connectivity index (χ1) is 17.9. The van der Waals surface area contributed by atoms with E-state index in [0.717, 1.165) is 22.3 Å². The molecule has 1 aliphatic heterocycles. The Hall–Kier alpha value is -3.99. The number of imide groups is 1. The van der Waals surface area contributed by atoms with Crippen LogP contribution in [0.4, 0.5) is 5.69 Å². The highest BCUT2D eigenvalue weighted by molar-refractivity contribution is 6.34. The van der Waals surface area contributed by atoms with Crippen LogP contribution in [0.25, 0.3) is 11.1 Å². The highest BCUT2D eigenvalue weighted by Crippen LogP contribution is 2.74. The molecule has 1 saturated carbocycles. The lowest BCUT2D eigenvalue weighted by Crippen LogP contribution is -2.41. The number of Topliss-reactive ketones (excluding diaryl/α,β-unsaturated/α-hetero) is 1. The van der Waals surface area contributed by atoms with Gasteiger partial charge in [-0.1, -0.05) is 74.0 Å². The first-order valence-electron chi connectivity index (χ1n) is 12.8. The summed E-state index contributed by atoms with van der Waals surface area (Å²) in [4.78, 5) is 44.3. The fraction of sp³-hybridized carbons (Fsp3) is 0.281. The quantitative estimate of drug-likeness (QED) is 0.409. The summed E-state index contributed by atoms with van der Waals surface area (Å²) in [5.74, 6) is -1.41. The molecule has 3 aromatic carbocycles. The van der Waals surface area contributed by atoms with Crippen molar-refractivity contribution < 1.29 is 19.1 Å². The Balaban J connectivity index is 1.62. The number of carbonyl (C=O) groups excluding carboxylic acids is 3. The molecule has 2 amide bonds. The number of ether oxygens (including phenoxy) is 1. The van der Waals surface area contributed by atoms with Crippen molar-refractivity contribution in [3.8, 4) is 5.75 Å². The van der Waals surface area contributed by atoms with E-state index in [0.29, 0.717) is 24.3 Å². The van der Waals surface area contributed by atoms with E-state index >= 15 is 0 Å². The van der Waals surface area contributed by atoms with Crippen LogP contribution < -0.4 is 9.64 Å². The second-order valence-corrected chi connectivity index (χ2v) is 10.4. The number of amides is 2. The maximum absolute atomic E-state index is 14.6. The molecule has 2 aliphatic carbocycles. The summed E-state index contributed by atoms with van der Waals surface area (Å²) in [7, 11) is 1.58. The largest absolute Gasteiger partial charge is 0.497 e. The maximum atomic E-state index is 14.6. The molecular formula is C32H29NO4. The molecule has 3 aromatic rings. The first kappa shape index (κ1) is 23.4. The van der Waals surface area contributed by atoms with Gasteiger partial charge in [0, 0.05) is 0 Å². The molecule has 0 N–H and O–H groups in total. The number of hydrogen-bond acceptors (Lipinski definition) is 4. The number of ketones is 1. The molecule has 37 heavy (non-hydrogen) atoms. The van der Waals surface area contributed by atoms with Crippen molar-refractivity contribution in [3.05, 3.63) is 96.1 Å². The molecule has 4 atom stereocenters. The average molecular weight is 492 g/mol. The predicted octanol–water partition coefficient (Wildman–Crippen LogP) is 5.80. The molecular weight excluding hydrogens is 462 g/mol. The zero-order valence-corrected chi connectivity index (χ0v) is 21.2. The summed E-state index contributed by atoms with van der Waals surface area (Å²) in [6.07, 6.45) is 1.23. The third-order valence-corrected chi connectivity index (χ3v) is 8.65. The molecule has 3 aliphatic rings. The Bertz CT molecular complexity index is 1440. The zero-order chi connectivity index (χ0) is 25.9. The zero-order valence-electron chi connectivity index (χ0n) is 21.2. The number of fused-ring (bicyclic) bond motifs is 5. The molecule has 6 rings (SSSR count). The topological polar surface area (TPSA) is 63.7 Å². The fourth-order valence-corrected chi connectivity index (χ4v) is 7.34. The van der Waals surface area contributed by atoms with Gasteiger partial charge < -0.3 is 4.74 Å². The van der Waals surface area contributed by atoms with E-state index in [-0.39, 0.29) is 17.6 Å². The fourth-order valence-electron chi connectivity index (χ4n) is 7.34. The molecule has 2 fully saturated rings. The summed E-state index contributed by atoms with van der Waals surface area (Å²) < 4.78 is 5.27. The Morgan fingerprint density at radius 2 is 1.30 bits per heavy atom. The van der Waals surface area contributed by atoms with Gasteiger partial charge in [-0.25, -0.2) is 4.90 Å². The van der Waals surface area contributed by atoms with E-state index in [1.54, 1.807) is 31.4 Å². The van der Waals surface area contributed by atoms with Crippen molar-refractivity contribution >= 4 is 34.4 Å². The summed E-state index contributed by atoms with van der Waals surface area (Å²) in [5, 5.41) is 0. The summed E-state index contributed by atoms with van der Waals surface area (Å²) in [6.45, 7) is 3.93. The van der Waals surface area contributed by atoms with Crippen molar-refractivity contribution in [2.24, 2.45) is 22.7 Å². The predicted molar refractivity (Wildman–Crippen MR) is 143 cm³/mol. The first-order valence-corrected chi connectivity index (χ1v) is 12.8. The third-order valence-electron chi connectivity index (χ3n) is 8.65. The van der Waals surface area contributed by atoms with E-state index in [1.807, 2.05) is 74.5 Å². The van der Waals surface area contributed by atoms with Gasteiger partial charge in [-0.2, -0.15) is 0 Å². The van der Waals surface area contributed by atoms with Gasteiger partial charge in [-0.15, -0.1) is 0 Å². The van der Waals surface area contributed by atoms with Crippen LogP contribution in [0, 0.1) is 22.7 Å². The van der Waals surface area contributed by atoms with E-state index < -0.39 is 22.7 Å². The minimum absolute atomic E-state index is 0.00522. The van der Waals surface area contributed by atoms with E-state index in [1.165, 1.54) is 4.90 Å². The van der Waals surface area contributed by atoms with Gasteiger partial charge in [-0.3, -0.25) is 14.4 Å². The molecule has 1 heterocycles. The van der Waals surface area contributed by atoms with Gasteiger partial charge in [0.25, 0.3) is 0 Å². The standard InChI is InChI=1S/C32H29NO4/c1-4-19-32-25(21-13-9-6-10-14-21)24(20-11-7-5-8-12-20)31(2,30(32)36)26-27(32)29(35)33(28(26)34)22-15-17-23(37-3)18-16-22/h5-18,26-27H,4,19H2,1-3H3. The second-order valence-electron chi connectivity index (χ2n) is 10.4. The molecule has 186 valence electrons. The number of allylic oxidation sites excluding steroid dienone is 2. The Labute approximate surface area is 216 Å². The van der Waals surface area contributed by atoms with Gasteiger partial charge in [0.2, 0.25) is 11.8 Å². The molecule has 0 aromatic heterocycles. The smallest absolute Gasteiger partial charge is 0.239 e. The summed E-state index contributed by atoms with van der Waals surface area (Å²) in [5.41, 5.74) is 2.00. The third kappa shape index (κ3) is 2.88. The van der Waals surface area contributed by atoms with E-state index in [9.17, 15) is 14.4 Å². The number of nitrogens with zero attached hydrogens (tertiary/aromatic N) is 1. The Kier molecular flexibility index (Phi) is 5.23. The van der Waals surface area contributed by atoms with Gasteiger partial charge in [-0.05, 0) is 59.9 Å². The summed E-state index contributed by atoms with van der Waals surface area (Å²) >= 11 is 0. The molecule has 0 radical (unpaired) electrons. The highest BCUT2D eigenvalue weighted by atomic mass is 16.5. The number of methoxy groups -OCH3 is 1. The second kappa shape index (κ2) is 8.27. The van der Waals surface area contributed by atoms with Gasteiger partial charge in [0.15, 0.2) is 5.78 Å². The highest BCUT2D eigenvalue weighted by Gasteiger charge is 2.80. The lowest BCUT2D eigenvalue weighted by atomic mass is 9.61. The van der Waals surface area contributed by atoms with Gasteiger partial charge in [0.1, 0.15) is 5.75 Å². The summed E-state index contributed by atoms with van der Waals surface area (Å²) in [6, 6.07) is 26.8. The van der Waals surface area contributed by atoms with Crippen molar-refractivity contribution in [1.29, 1.82) is 0 Å². The Morgan fingerprint density at radius 1 is 0.757 bits per heavy atom. The SMILES string of the molecule is CCCC12C(=O)C(C)(C(c3ccccc3)=C1c1ccccc1)C1C(=O)N(c3ccc(OC)cc3)C(=O)C12. The maximum Gasteiger partial charge on any atom is 0.239 e. The average Bonchev–Trinajstić information content (AvgIpc) is 3.39. The van der Waals surface area contributed by atoms with Crippen LogP contribution in [-0.2, 0) is 14.4 Å². The van der Waals surface area contributed by atoms with Crippen molar-refractivity contribution in [2.75, 3.05) is 12.0 Å². The van der Waals surface area contributed by atoms with Crippen LogP contribution in [0.2, 0.25) is 0 Å². The Morgan fingerprint density at radius 3 is 1.84 bits per heavy atom. The van der Waals surface area contributed by atoms with E-state index in [4.69, 9.17) is 4.74 Å². The van der Waals surface area contributed by atoms with Crippen molar-refractivity contribution in [3.63, 3.8) is 0 Å². The number of rotatable bonds is 6. The molecule has 4 unspecified atom stereocenters. The van der Waals surface area contributed by atoms with Crippen LogP contribution in [0.15, 0.2) is 84.9 Å². The monoisotopic (exact) mass is 491 g/mol. The molecule has 2 bridgehead atoms. The lowest BCUT2D eigenvalue weighted by molar-refractivity contribution is -0.134. The number of benzene rings is 3. The molecule has 5 nitrogen and oxygen atoms in total. The van der Waals surface area contributed by atoms with Crippen LogP contribution in [0.3, 0.4) is 0 Å². The molecule has 1 saturated heterocycles.